The van der Waals surface area contributed by atoms with Gasteiger partial charge < -0.3 is 0 Å². The first-order chi connectivity index (χ1) is 18.9. The van der Waals surface area contributed by atoms with Gasteiger partial charge in [-0.15, -0.1) is 0 Å². The number of hydrogen-bond donors (Lipinski definition) is 1. The minimum absolute atomic E-state index is 0.0479. The minimum Gasteiger partial charge on any atom is -0.294 e. The number of aromatic amines is 1. The molecule has 0 unspecified atom stereocenters. The van der Waals surface area contributed by atoms with E-state index in [1.54, 1.807) is 6.20 Å². The SMILES string of the molecule is CC(C)(C#N)c1ccc(-c2n[nH]c3cnc4ccc(-c5ccc(CC(=O)c6ccccc6)nc5)cc4c23)cc1. The quantitative estimate of drug-likeness (QED) is 0.243. The summed E-state index contributed by atoms with van der Waals surface area (Å²) < 4.78 is 0. The van der Waals surface area contributed by atoms with Crippen LogP contribution in [-0.4, -0.2) is 25.9 Å². The highest BCUT2D eigenvalue weighted by Gasteiger charge is 2.20. The largest absolute Gasteiger partial charge is 0.294 e. The monoisotopic (exact) mass is 507 g/mol. The van der Waals surface area contributed by atoms with Crippen molar-refractivity contribution < 1.29 is 4.79 Å². The second-order valence-corrected chi connectivity index (χ2v) is 10.2. The summed E-state index contributed by atoms with van der Waals surface area (Å²) in [5.74, 6) is 0.0479. The number of aromatic nitrogens is 4. The number of nitrogens with zero attached hydrogens (tertiary/aromatic N) is 4. The number of carbonyl (C=O) groups is 1. The van der Waals surface area contributed by atoms with E-state index in [2.05, 4.69) is 32.3 Å². The number of ketones is 1. The van der Waals surface area contributed by atoms with Gasteiger partial charge in [0.2, 0.25) is 0 Å². The molecule has 0 saturated carbocycles. The van der Waals surface area contributed by atoms with Crippen molar-refractivity contribution in [3.05, 3.63) is 114 Å². The Morgan fingerprint density at radius 1 is 0.872 bits per heavy atom. The molecule has 6 heteroatoms. The molecule has 0 saturated heterocycles. The fourth-order valence-electron chi connectivity index (χ4n) is 4.79. The molecule has 3 heterocycles. The molecule has 0 spiro atoms. The van der Waals surface area contributed by atoms with E-state index in [0.29, 0.717) is 5.56 Å². The van der Waals surface area contributed by atoms with E-state index < -0.39 is 5.41 Å². The van der Waals surface area contributed by atoms with Crippen LogP contribution in [0.4, 0.5) is 0 Å². The number of benzene rings is 3. The number of H-pyrrole nitrogens is 1. The first-order valence-corrected chi connectivity index (χ1v) is 12.8. The maximum Gasteiger partial charge on any atom is 0.168 e. The molecule has 3 aromatic heterocycles. The number of fused-ring (bicyclic) bond motifs is 3. The van der Waals surface area contributed by atoms with E-state index in [9.17, 15) is 10.1 Å². The zero-order chi connectivity index (χ0) is 27.0. The summed E-state index contributed by atoms with van der Waals surface area (Å²) in [7, 11) is 0. The van der Waals surface area contributed by atoms with Gasteiger partial charge in [0.15, 0.2) is 5.78 Å². The van der Waals surface area contributed by atoms with Crippen molar-refractivity contribution in [3.8, 4) is 28.5 Å². The lowest BCUT2D eigenvalue weighted by molar-refractivity contribution is 0.0992. The highest BCUT2D eigenvalue weighted by molar-refractivity contribution is 6.11. The zero-order valence-corrected chi connectivity index (χ0v) is 21.6. The van der Waals surface area contributed by atoms with Crippen molar-refractivity contribution in [2.45, 2.75) is 25.7 Å². The summed E-state index contributed by atoms with van der Waals surface area (Å²) >= 11 is 0. The first kappa shape index (κ1) is 24.2. The lowest BCUT2D eigenvalue weighted by Crippen LogP contribution is -2.13. The maximum atomic E-state index is 12.6. The van der Waals surface area contributed by atoms with Crippen molar-refractivity contribution in [2.75, 3.05) is 0 Å². The van der Waals surface area contributed by atoms with Crippen molar-refractivity contribution in [3.63, 3.8) is 0 Å². The summed E-state index contributed by atoms with van der Waals surface area (Å²) in [5.41, 5.74) is 7.31. The van der Waals surface area contributed by atoms with Crippen LogP contribution in [0, 0.1) is 11.3 Å². The van der Waals surface area contributed by atoms with E-state index in [-0.39, 0.29) is 12.2 Å². The van der Waals surface area contributed by atoms with Gasteiger partial charge in [0, 0.05) is 39.4 Å². The third-order valence-corrected chi connectivity index (χ3v) is 7.15. The second-order valence-electron chi connectivity index (χ2n) is 10.2. The van der Waals surface area contributed by atoms with Crippen molar-refractivity contribution in [2.24, 2.45) is 0 Å². The summed E-state index contributed by atoms with van der Waals surface area (Å²) in [6, 6.07) is 29.7. The molecule has 3 aromatic carbocycles. The summed E-state index contributed by atoms with van der Waals surface area (Å²) in [6.07, 6.45) is 3.88. The molecule has 0 bridgehead atoms. The molecular weight excluding hydrogens is 482 g/mol. The van der Waals surface area contributed by atoms with Gasteiger partial charge in [0.05, 0.1) is 35.1 Å². The summed E-state index contributed by atoms with van der Waals surface area (Å²) in [4.78, 5) is 21.8. The molecule has 39 heavy (non-hydrogen) atoms. The fourth-order valence-corrected chi connectivity index (χ4v) is 4.79. The predicted octanol–water partition coefficient (Wildman–Crippen LogP) is 7.07. The van der Waals surface area contributed by atoms with Crippen LogP contribution in [-0.2, 0) is 11.8 Å². The van der Waals surface area contributed by atoms with Crippen LogP contribution in [0.5, 0.6) is 0 Å². The number of pyridine rings is 2. The van der Waals surface area contributed by atoms with Crippen LogP contribution in [0.15, 0.2) is 97.3 Å². The van der Waals surface area contributed by atoms with Crippen LogP contribution in [0.25, 0.3) is 44.2 Å². The molecule has 6 nitrogen and oxygen atoms in total. The molecular formula is C33H25N5O. The lowest BCUT2D eigenvalue weighted by Gasteiger charge is -2.15. The number of hydrogen-bond acceptors (Lipinski definition) is 5. The number of rotatable bonds is 6. The Labute approximate surface area is 226 Å². The van der Waals surface area contributed by atoms with Crippen molar-refractivity contribution >= 4 is 27.6 Å². The standard InChI is InChI=1S/C33H25N5O/c1-33(2,20-34)25-12-8-22(9-13-25)32-31-27-16-23(11-15-28(27)36-19-29(31)37-38-32)24-10-14-26(35-18-24)17-30(39)21-6-4-3-5-7-21/h3-16,18-19H,17H2,1-2H3,(H,37,38). The van der Waals surface area contributed by atoms with Crippen molar-refractivity contribution in [1.29, 1.82) is 5.26 Å². The van der Waals surface area contributed by atoms with Gasteiger partial charge in [-0.1, -0.05) is 66.7 Å². The molecule has 0 aliphatic carbocycles. The van der Waals surface area contributed by atoms with E-state index in [1.807, 2.05) is 98.9 Å². The van der Waals surface area contributed by atoms with E-state index >= 15 is 0 Å². The Kier molecular flexibility index (Phi) is 5.97. The number of nitrogens with one attached hydrogen (secondary N) is 1. The normalized spacial score (nSPS) is 11.5. The van der Waals surface area contributed by atoms with Crippen LogP contribution in [0.1, 0.15) is 35.5 Å². The first-order valence-electron chi connectivity index (χ1n) is 12.8. The third-order valence-electron chi connectivity index (χ3n) is 7.15. The van der Waals surface area contributed by atoms with Gasteiger partial charge in [0.25, 0.3) is 0 Å². The maximum absolute atomic E-state index is 12.6. The van der Waals surface area contributed by atoms with E-state index in [0.717, 1.165) is 55.4 Å². The van der Waals surface area contributed by atoms with Crippen LogP contribution >= 0.6 is 0 Å². The van der Waals surface area contributed by atoms with Crippen LogP contribution in [0.2, 0.25) is 0 Å². The highest BCUT2D eigenvalue weighted by atomic mass is 16.1. The van der Waals surface area contributed by atoms with E-state index in [4.69, 9.17) is 0 Å². The van der Waals surface area contributed by atoms with Gasteiger partial charge in [-0.3, -0.25) is 19.9 Å². The second kappa shape index (κ2) is 9.62. The molecule has 0 fully saturated rings. The predicted molar refractivity (Wildman–Crippen MR) is 153 cm³/mol. The third kappa shape index (κ3) is 4.55. The number of nitriles is 1. The van der Waals surface area contributed by atoms with Crippen LogP contribution in [0.3, 0.4) is 0 Å². The molecule has 0 atom stereocenters. The molecule has 0 aliphatic heterocycles. The molecule has 0 radical (unpaired) electrons. The van der Waals surface area contributed by atoms with Gasteiger partial charge >= 0.3 is 0 Å². The van der Waals surface area contributed by atoms with Crippen LogP contribution < -0.4 is 0 Å². The topological polar surface area (TPSA) is 95.3 Å². The fraction of sp³-hybridized carbons (Fsp3) is 0.121. The smallest absolute Gasteiger partial charge is 0.168 e. The minimum atomic E-state index is -0.559. The number of carbonyl (C=O) groups excluding carboxylic acids is 1. The molecule has 0 aliphatic rings. The molecule has 6 rings (SSSR count). The van der Waals surface area contributed by atoms with Gasteiger partial charge in [0.1, 0.15) is 5.69 Å². The molecule has 1 N–H and O–H groups in total. The highest BCUT2D eigenvalue weighted by Crippen LogP contribution is 2.35. The Balaban J connectivity index is 1.35. The van der Waals surface area contributed by atoms with Gasteiger partial charge in [-0.05, 0) is 43.2 Å². The molecule has 188 valence electrons. The van der Waals surface area contributed by atoms with E-state index in [1.165, 1.54) is 0 Å². The number of Topliss-reactive ketones (excluding diaryl/α,β-unsaturated/α-hetero) is 1. The lowest BCUT2D eigenvalue weighted by atomic mass is 9.86. The average molecular weight is 508 g/mol. The van der Waals surface area contributed by atoms with Gasteiger partial charge in [-0.25, -0.2) is 0 Å². The Bertz CT molecular complexity index is 1860. The summed E-state index contributed by atoms with van der Waals surface area (Å²) in [5, 5.41) is 19.2. The Morgan fingerprint density at radius 2 is 1.62 bits per heavy atom. The zero-order valence-electron chi connectivity index (χ0n) is 21.6. The Morgan fingerprint density at radius 3 is 2.33 bits per heavy atom. The summed E-state index contributed by atoms with van der Waals surface area (Å²) in [6.45, 7) is 3.82. The molecule has 0 amide bonds. The van der Waals surface area contributed by atoms with Gasteiger partial charge in [-0.2, -0.15) is 10.4 Å². The van der Waals surface area contributed by atoms with Crippen molar-refractivity contribution in [1.82, 2.24) is 20.2 Å². The average Bonchev–Trinajstić information content (AvgIpc) is 3.43. The Hall–Kier alpha value is -5.15. The molecule has 6 aromatic rings.